The van der Waals surface area contributed by atoms with Crippen molar-refractivity contribution < 1.29 is 4.79 Å². The SMILES string of the molecule is CN(C(=O)NCc1ccccc1)c1ncnc2cc(C#CC3CCCN3)sc12. The first kappa shape index (κ1) is 18.4. The molecule has 4 rings (SSSR count). The first-order chi connectivity index (χ1) is 13.7. The minimum Gasteiger partial charge on any atom is -0.334 e. The van der Waals surface area contributed by atoms with Crippen LogP contribution in [0.15, 0.2) is 42.7 Å². The van der Waals surface area contributed by atoms with Gasteiger partial charge < -0.3 is 10.6 Å². The second-order valence-corrected chi connectivity index (χ2v) is 7.70. The third-order valence-corrected chi connectivity index (χ3v) is 5.67. The first-order valence-electron chi connectivity index (χ1n) is 9.25. The number of aromatic nitrogens is 2. The van der Waals surface area contributed by atoms with E-state index in [9.17, 15) is 4.79 Å². The number of hydrogen-bond acceptors (Lipinski definition) is 5. The molecule has 0 aliphatic carbocycles. The molecule has 3 aromatic rings. The zero-order chi connectivity index (χ0) is 19.3. The van der Waals surface area contributed by atoms with Crippen LogP contribution in [0.4, 0.5) is 10.6 Å². The molecule has 1 unspecified atom stereocenters. The molecule has 0 saturated carbocycles. The normalized spacial score (nSPS) is 15.8. The van der Waals surface area contributed by atoms with E-state index in [0.717, 1.165) is 33.6 Å². The molecule has 0 radical (unpaired) electrons. The number of nitrogens with one attached hydrogen (secondary N) is 2. The van der Waals surface area contributed by atoms with Gasteiger partial charge in [0.05, 0.1) is 21.1 Å². The van der Waals surface area contributed by atoms with Gasteiger partial charge in [-0.1, -0.05) is 42.2 Å². The van der Waals surface area contributed by atoms with E-state index >= 15 is 0 Å². The zero-order valence-electron chi connectivity index (χ0n) is 15.6. The second kappa shape index (κ2) is 8.38. The summed E-state index contributed by atoms with van der Waals surface area (Å²) in [6.07, 6.45) is 3.75. The number of benzene rings is 1. The topological polar surface area (TPSA) is 70.2 Å². The van der Waals surface area contributed by atoms with Crippen LogP contribution in [-0.4, -0.2) is 35.6 Å². The number of hydrogen-bond donors (Lipinski definition) is 2. The van der Waals surface area contributed by atoms with Crippen molar-refractivity contribution in [3.63, 3.8) is 0 Å². The van der Waals surface area contributed by atoms with Crippen LogP contribution in [0.1, 0.15) is 23.3 Å². The highest BCUT2D eigenvalue weighted by atomic mass is 32.1. The molecule has 2 N–H and O–H groups in total. The Morgan fingerprint density at radius 3 is 3.00 bits per heavy atom. The Morgan fingerprint density at radius 2 is 2.21 bits per heavy atom. The molecular formula is C21H21N5OS. The summed E-state index contributed by atoms with van der Waals surface area (Å²) in [6, 6.07) is 11.8. The predicted molar refractivity (Wildman–Crippen MR) is 112 cm³/mol. The Labute approximate surface area is 168 Å². The minimum atomic E-state index is -0.208. The summed E-state index contributed by atoms with van der Waals surface area (Å²) in [5, 5.41) is 6.30. The number of thiophene rings is 1. The fraction of sp³-hybridized carbons (Fsp3) is 0.286. The quantitative estimate of drug-likeness (QED) is 0.673. The molecule has 1 atom stereocenters. The third-order valence-electron chi connectivity index (χ3n) is 4.63. The molecule has 6 nitrogen and oxygen atoms in total. The molecule has 3 heterocycles. The van der Waals surface area contributed by atoms with Gasteiger partial charge in [0.2, 0.25) is 0 Å². The van der Waals surface area contributed by atoms with Gasteiger partial charge in [-0.15, -0.1) is 11.3 Å². The Morgan fingerprint density at radius 1 is 1.36 bits per heavy atom. The lowest BCUT2D eigenvalue weighted by molar-refractivity contribution is 0.247. The van der Waals surface area contributed by atoms with Gasteiger partial charge in [0.25, 0.3) is 0 Å². The van der Waals surface area contributed by atoms with Crippen molar-refractivity contribution in [1.82, 2.24) is 20.6 Å². The highest BCUT2D eigenvalue weighted by Crippen LogP contribution is 2.30. The van der Waals surface area contributed by atoms with E-state index in [2.05, 4.69) is 32.4 Å². The highest BCUT2D eigenvalue weighted by molar-refractivity contribution is 7.20. The van der Waals surface area contributed by atoms with Crippen LogP contribution in [0.3, 0.4) is 0 Å². The largest absolute Gasteiger partial charge is 0.334 e. The molecule has 1 aromatic carbocycles. The molecule has 28 heavy (non-hydrogen) atoms. The van der Waals surface area contributed by atoms with E-state index in [0.29, 0.717) is 12.4 Å². The Bertz CT molecular complexity index is 1030. The summed E-state index contributed by atoms with van der Waals surface area (Å²) in [5.41, 5.74) is 1.85. The van der Waals surface area contributed by atoms with Crippen molar-refractivity contribution in [2.45, 2.75) is 25.4 Å². The maximum absolute atomic E-state index is 12.6. The third kappa shape index (κ3) is 4.14. The Balaban J connectivity index is 1.51. The second-order valence-electron chi connectivity index (χ2n) is 6.64. The molecule has 1 aliphatic heterocycles. The van der Waals surface area contributed by atoms with Gasteiger partial charge in [-0.3, -0.25) is 4.90 Å². The Kier molecular flexibility index (Phi) is 5.51. The standard InChI is InChI=1S/C21H21N5OS/c1-26(21(27)23-13-15-6-3-2-4-7-15)20-19-18(24-14-25-20)12-17(28-19)10-9-16-8-5-11-22-16/h2-4,6-7,12,14,16,22H,5,8,11,13H2,1H3,(H,23,27). The van der Waals surface area contributed by atoms with Gasteiger partial charge >= 0.3 is 6.03 Å². The molecule has 1 fully saturated rings. The lowest BCUT2D eigenvalue weighted by Gasteiger charge is -2.17. The monoisotopic (exact) mass is 391 g/mol. The zero-order valence-corrected chi connectivity index (χ0v) is 16.4. The summed E-state index contributed by atoms with van der Waals surface area (Å²) < 4.78 is 0.864. The fourth-order valence-electron chi connectivity index (χ4n) is 3.10. The van der Waals surface area contributed by atoms with Gasteiger partial charge in [-0.05, 0) is 31.0 Å². The van der Waals surface area contributed by atoms with Gasteiger partial charge in [0, 0.05) is 13.6 Å². The number of nitrogens with zero attached hydrogens (tertiary/aromatic N) is 3. The van der Waals surface area contributed by atoms with E-state index in [1.165, 1.54) is 29.0 Å². The number of fused-ring (bicyclic) bond motifs is 1. The average molecular weight is 392 g/mol. The van der Waals surface area contributed by atoms with Crippen LogP contribution in [0.5, 0.6) is 0 Å². The maximum Gasteiger partial charge on any atom is 0.323 e. The molecule has 7 heteroatoms. The maximum atomic E-state index is 12.6. The smallest absolute Gasteiger partial charge is 0.323 e. The van der Waals surface area contributed by atoms with Crippen molar-refractivity contribution >= 4 is 33.4 Å². The molecule has 142 valence electrons. The van der Waals surface area contributed by atoms with E-state index in [1.54, 1.807) is 7.05 Å². The number of urea groups is 1. The van der Waals surface area contributed by atoms with Crippen molar-refractivity contribution in [3.8, 4) is 11.8 Å². The van der Waals surface area contributed by atoms with E-state index in [-0.39, 0.29) is 12.1 Å². The molecular weight excluding hydrogens is 370 g/mol. The van der Waals surface area contributed by atoms with Crippen molar-refractivity contribution in [2.75, 3.05) is 18.5 Å². The molecule has 0 spiro atoms. The summed E-state index contributed by atoms with van der Waals surface area (Å²) >= 11 is 1.52. The lowest BCUT2D eigenvalue weighted by atomic mass is 10.2. The van der Waals surface area contributed by atoms with Crippen LogP contribution in [0.25, 0.3) is 10.2 Å². The van der Waals surface area contributed by atoms with Crippen LogP contribution in [0.2, 0.25) is 0 Å². The molecule has 1 aliphatic rings. The van der Waals surface area contributed by atoms with Crippen molar-refractivity contribution in [3.05, 3.63) is 53.2 Å². The highest BCUT2D eigenvalue weighted by Gasteiger charge is 2.17. The van der Waals surface area contributed by atoms with Gasteiger partial charge in [-0.25, -0.2) is 14.8 Å². The number of amides is 2. The molecule has 2 amide bonds. The van der Waals surface area contributed by atoms with Gasteiger partial charge in [0.15, 0.2) is 5.82 Å². The van der Waals surface area contributed by atoms with Crippen LogP contribution in [0, 0.1) is 11.8 Å². The van der Waals surface area contributed by atoms with E-state index in [4.69, 9.17) is 0 Å². The van der Waals surface area contributed by atoms with Crippen LogP contribution < -0.4 is 15.5 Å². The Hall–Kier alpha value is -2.95. The number of carbonyl (C=O) groups is 1. The van der Waals surface area contributed by atoms with Crippen LogP contribution >= 0.6 is 11.3 Å². The molecule has 0 bridgehead atoms. The van der Waals surface area contributed by atoms with E-state index in [1.807, 2.05) is 36.4 Å². The number of rotatable bonds is 3. The number of anilines is 1. The lowest BCUT2D eigenvalue weighted by Crippen LogP contribution is -2.37. The number of carbonyl (C=O) groups excluding carboxylic acids is 1. The summed E-state index contributed by atoms with van der Waals surface area (Å²) in [6.45, 7) is 1.50. The predicted octanol–water partition coefficient (Wildman–Crippen LogP) is 3.14. The molecule has 1 saturated heterocycles. The van der Waals surface area contributed by atoms with Gasteiger partial charge in [0.1, 0.15) is 6.33 Å². The molecule has 2 aromatic heterocycles. The first-order valence-corrected chi connectivity index (χ1v) is 10.1. The summed E-state index contributed by atoms with van der Waals surface area (Å²) in [4.78, 5) is 23.7. The van der Waals surface area contributed by atoms with Crippen molar-refractivity contribution in [1.29, 1.82) is 0 Å². The minimum absolute atomic E-state index is 0.208. The fourth-order valence-corrected chi connectivity index (χ4v) is 4.09. The van der Waals surface area contributed by atoms with Crippen molar-refractivity contribution in [2.24, 2.45) is 0 Å². The average Bonchev–Trinajstić information content (AvgIpc) is 3.39. The van der Waals surface area contributed by atoms with E-state index < -0.39 is 0 Å². The summed E-state index contributed by atoms with van der Waals surface area (Å²) in [5.74, 6) is 7.10. The summed E-state index contributed by atoms with van der Waals surface area (Å²) in [7, 11) is 1.72. The van der Waals surface area contributed by atoms with Gasteiger partial charge in [-0.2, -0.15) is 0 Å². The van der Waals surface area contributed by atoms with Crippen LogP contribution in [-0.2, 0) is 6.54 Å².